The lowest BCUT2D eigenvalue weighted by Crippen LogP contribution is -2.17. The monoisotopic (exact) mass is 280 g/mol. The summed E-state index contributed by atoms with van der Waals surface area (Å²) >= 11 is 0. The van der Waals surface area contributed by atoms with Gasteiger partial charge in [0.25, 0.3) is 0 Å². The maximum absolute atomic E-state index is 9.74. The van der Waals surface area contributed by atoms with Gasteiger partial charge in [-0.3, -0.25) is 0 Å². The first kappa shape index (κ1) is 17.0. The maximum atomic E-state index is 9.74. The quantitative estimate of drug-likeness (QED) is 0.768. The Balaban J connectivity index is 3.10. The van der Waals surface area contributed by atoms with E-state index in [9.17, 15) is 5.11 Å². The molecule has 0 radical (unpaired) electrons. The minimum atomic E-state index is -0.667. The Morgan fingerprint density at radius 1 is 1.20 bits per heavy atom. The maximum Gasteiger partial charge on any atom is 0.125 e. The van der Waals surface area contributed by atoms with Crippen LogP contribution >= 0.6 is 0 Å². The van der Waals surface area contributed by atoms with Crippen LogP contribution in [0, 0.1) is 13.8 Å². The van der Waals surface area contributed by atoms with Crippen LogP contribution in [0.25, 0.3) is 0 Å². The molecule has 1 aromatic rings. The molecule has 0 aromatic heterocycles. The first-order chi connectivity index (χ1) is 9.53. The third kappa shape index (κ3) is 4.50. The van der Waals surface area contributed by atoms with Crippen molar-refractivity contribution in [3.8, 4) is 5.75 Å². The third-order valence-electron chi connectivity index (χ3n) is 3.60. The van der Waals surface area contributed by atoms with E-state index >= 15 is 0 Å². The Labute approximate surface area is 122 Å². The zero-order valence-corrected chi connectivity index (χ0v) is 13.1. The molecule has 2 unspecified atom stereocenters. The summed E-state index contributed by atoms with van der Waals surface area (Å²) in [5, 5.41) is 18.8. The third-order valence-corrected chi connectivity index (χ3v) is 3.60. The molecular formula is C17H28O3. The SMILES string of the molecule is CCCOc1c(C)cc(C)cc1C(CC)CC(O)CO. The van der Waals surface area contributed by atoms with Gasteiger partial charge in [-0.2, -0.15) is 0 Å². The van der Waals surface area contributed by atoms with Crippen molar-refractivity contribution in [3.63, 3.8) is 0 Å². The summed E-state index contributed by atoms with van der Waals surface area (Å²) in [6, 6.07) is 4.28. The molecule has 114 valence electrons. The van der Waals surface area contributed by atoms with Crippen LogP contribution in [0.4, 0.5) is 0 Å². The molecule has 0 fully saturated rings. The van der Waals surface area contributed by atoms with E-state index in [2.05, 4.69) is 39.8 Å². The first-order valence-corrected chi connectivity index (χ1v) is 7.56. The molecule has 0 heterocycles. The van der Waals surface area contributed by atoms with Gasteiger partial charge < -0.3 is 14.9 Å². The highest BCUT2D eigenvalue weighted by Crippen LogP contribution is 2.36. The lowest BCUT2D eigenvalue weighted by Gasteiger charge is -2.23. The van der Waals surface area contributed by atoms with Crippen LogP contribution in [0.5, 0.6) is 5.75 Å². The van der Waals surface area contributed by atoms with E-state index in [0.717, 1.165) is 29.7 Å². The van der Waals surface area contributed by atoms with Crippen LogP contribution < -0.4 is 4.74 Å². The summed E-state index contributed by atoms with van der Waals surface area (Å²) in [5.41, 5.74) is 3.51. The van der Waals surface area contributed by atoms with Crippen molar-refractivity contribution in [2.75, 3.05) is 13.2 Å². The molecule has 3 heteroatoms. The summed E-state index contributed by atoms with van der Waals surface area (Å²) in [4.78, 5) is 0. The smallest absolute Gasteiger partial charge is 0.125 e. The molecule has 0 saturated heterocycles. The first-order valence-electron chi connectivity index (χ1n) is 7.56. The van der Waals surface area contributed by atoms with Gasteiger partial charge in [0, 0.05) is 0 Å². The van der Waals surface area contributed by atoms with E-state index in [0.29, 0.717) is 13.0 Å². The van der Waals surface area contributed by atoms with Gasteiger partial charge in [-0.25, -0.2) is 0 Å². The van der Waals surface area contributed by atoms with E-state index < -0.39 is 6.10 Å². The van der Waals surface area contributed by atoms with Gasteiger partial charge >= 0.3 is 0 Å². The average Bonchev–Trinajstić information content (AvgIpc) is 2.42. The Morgan fingerprint density at radius 2 is 1.90 bits per heavy atom. The zero-order valence-electron chi connectivity index (χ0n) is 13.1. The molecular weight excluding hydrogens is 252 g/mol. The lowest BCUT2D eigenvalue weighted by atomic mass is 9.88. The highest BCUT2D eigenvalue weighted by atomic mass is 16.5. The molecule has 3 nitrogen and oxygen atoms in total. The largest absolute Gasteiger partial charge is 0.493 e. The van der Waals surface area contributed by atoms with Crippen molar-refractivity contribution < 1.29 is 14.9 Å². The van der Waals surface area contributed by atoms with Gasteiger partial charge in [-0.15, -0.1) is 0 Å². The molecule has 2 N–H and O–H groups in total. The fourth-order valence-corrected chi connectivity index (χ4v) is 2.61. The predicted molar refractivity (Wildman–Crippen MR) is 82.4 cm³/mol. The molecule has 0 bridgehead atoms. The van der Waals surface area contributed by atoms with E-state index in [1.165, 1.54) is 5.56 Å². The number of hydrogen-bond acceptors (Lipinski definition) is 3. The predicted octanol–water partition coefficient (Wildman–Crippen LogP) is 3.33. The van der Waals surface area contributed by atoms with E-state index in [-0.39, 0.29) is 12.5 Å². The van der Waals surface area contributed by atoms with Crippen LogP contribution in [0.3, 0.4) is 0 Å². The van der Waals surface area contributed by atoms with Crippen molar-refractivity contribution in [1.29, 1.82) is 0 Å². The molecule has 0 spiro atoms. The van der Waals surface area contributed by atoms with Gasteiger partial charge in [-0.05, 0) is 50.2 Å². The van der Waals surface area contributed by atoms with Crippen LogP contribution in [-0.2, 0) is 0 Å². The summed E-state index contributed by atoms with van der Waals surface area (Å²) < 4.78 is 5.93. The molecule has 0 aliphatic rings. The van der Waals surface area contributed by atoms with E-state index in [1.807, 2.05) is 0 Å². The van der Waals surface area contributed by atoms with Gasteiger partial charge in [0.1, 0.15) is 5.75 Å². The summed E-state index contributed by atoms with van der Waals surface area (Å²) in [6.07, 6.45) is 1.80. The van der Waals surface area contributed by atoms with Crippen LogP contribution in [-0.4, -0.2) is 29.5 Å². The average molecular weight is 280 g/mol. The second-order valence-electron chi connectivity index (χ2n) is 5.53. The number of rotatable bonds is 8. The molecule has 2 atom stereocenters. The second kappa shape index (κ2) is 8.28. The Bertz CT molecular complexity index is 415. The van der Waals surface area contributed by atoms with Crippen molar-refractivity contribution >= 4 is 0 Å². The minimum Gasteiger partial charge on any atom is -0.493 e. The molecule has 20 heavy (non-hydrogen) atoms. The van der Waals surface area contributed by atoms with Crippen molar-refractivity contribution in [1.82, 2.24) is 0 Å². The Hall–Kier alpha value is -1.06. The summed E-state index contributed by atoms with van der Waals surface area (Å²) in [5.74, 6) is 1.16. The van der Waals surface area contributed by atoms with Gasteiger partial charge in [0.2, 0.25) is 0 Å². The normalized spacial score (nSPS) is 14.1. The van der Waals surface area contributed by atoms with E-state index in [4.69, 9.17) is 9.84 Å². The topological polar surface area (TPSA) is 49.7 Å². The standard InChI is InChI=1S/C17H28O3/c1-5-7-20-17-13(4)8-12(3)9-16(17)14(6-2)10-15(19)11-18/h8-9,14-15,18-19H,5-7,10-11H2,1-4H3. The highest BCUT2D eigenvalue weighted by Gasteiger charge is 2.20. The van der Waals surface area contributed by atoms with Crippen LogP contribution in [0.2, 0.25) is 0 Å². The fraction of sp³-hybridized carbons (Fsp3) is 0.647. The van der Waals surface area contributed by atoms with Crippen molar-refractivity contribution in [2.45, 2.75) is 59.0 Å². The number of ether oxygens (including phenoxy) is 1. The summed E-state index contributed by atoms with van der Waals surface area (Å²) in [6.45, 7) is 8.86. The summed E-state index contributed by atoms with van der Waals surface area (Å²) in [7, 11) is 0. The number of benzene rings is 1. The number of aliphatic hydroxyl groups is 2. The Morgan fingerprint density at radius 3 is 2.45 bits per heavy atom. The number of aliphatic hydroxyl groups excluding tert-OH is 2. The molecule has 0 aliphatic heterocycles. The molecule has 0 aliphatic carbocycles. The van der Waals surface area contributed by atoms with Gasteiger partial charge in [0.05, 0.1) is 19.3 Å². The Kier molecular flexibility index (Phi) is 7.03. The van der Waals surface area contributed by atoms with Gasteiger partial charge in [0.15, 0.2) is 0 Å². The molecule has 1 aromatic carbocycles. The van der Waals surface area contributed by atoms with Crippen molar-refractivity contribution in [2.24, 2.45) is 0 Å². The lowest BCUT2D eigenvalue weighted by molar-refractivity contribution is 0.0814. The van der Waals surface area contributed by atoms with Crippen LogP contribution in [0.1, 0.15) is 55.7 Å². The van der Waals surface area contributed by atoms with E-state index in [1.54, 1.807) is 0 Å². The zero-order chi connectivity index (χ0) is 15.1. The minimum absolute atomic E-state index is 0.188. The number of aryl methyl sites for hydroxylation is 2. The van der Waals surface area contributed by atoms with Crippen LogP contribution in [0.15, 0.2) is 12.1 Å². The van der Waals surface area contributed by atoms with Crippen molar-refractivity contribution in [3.05, 3.63) is 28.8 Å². The fourth-order valence-electron chi connectivity index (χ4n) is 2.61. The highest BCUT2D eigenvalue weighted by molar-refractivity contribution is 5.45. The second-order valence-corrected chi connectivity index (χ2v) is 5.53. The molecule has 0 amide bonds. The molecule has 0 saturated carbocycles. The molecule has 1 rings (SSSR count). The van der Waals surface area contributed by atoms with Gasteiger partial charge in [-0.1, -0.05) is 31.5 Å². The number of hydrogen-bond donors (Lipinski definition) is 2.